The fraction of sp³-hybridized carbons (Fsp3) is 0.357. The molecule has 5 rings (SSSR count). The number of fused-ring (bicyclic) bond motifs is 1. The Balaban J connectivity index is 1.55. The van der Waals surface area contributed by atoms with Gasteiger partial charge in [0.25, 0.3) is 0 Å². The highest BCUT2D eigenvalue weighted by atomic mass is 16.5. The second-order valence-electron chi connectivity index (χ2n) is 9.38. The van der Waals surface area contributed by atoms with Gasteiger partial charge in [0.15, 0.2) is 0 Å². The molecule has 2 aromatic heterocycles. The van der Waals surface area contributed by atoms with Crippen LogP contribution in [0.1, 0.15) is 43.0 Å². The van der Waals surface area contributed by atoms with Crippen molar-refractivity contribution in [3.63, 3.8) is 0 Å². The molecule has 1 saturated carbocycles. The van der Waals surface area contributed by atoms with E-state index in [0.29, 0.717) is 28.3 Å². The fourth-order valence-electron chi connectivity index (χ4n) is 4.96. The van der Waals surface area contributed by atoms with E-state index in [4.69, 9.17) is 13.9 Å². The average molecular weight is 518 g/mol. The summed E-state index contributed by atoms with van der Waals surface area (Å²) in [5, 5.41) is 11.5. The molecule has 2 heterocycles. The van der Waals surface area contributed by atoms with E-state index in [-0.39, 0.29) is 30.9 Å². The summed E-state index contributed by atoms with van der Waals surface area (Å²) in [6.45, 7) is -0.0176. The summed E-state index contributed by atoms with van der Waals surface area (Å²) < 4.78 is 18.1. The molecule has 2 aromatic carbocycles. The Bertz CT molecular complexity index is 1370. The number of benzene rings is 2. The van der Waals surface area contributed by atoms with Crippen LogP contribution >= 0.6 is 0 Å². The lowest BCUT2D eigenvalue weighted by molar-refractivity contribution is -0.142. The zero-order valence-corrected chi connectivity index (χ0v) is 21.5. The highest BCUT2D eigenvalue weighted by Gasteiger charge is 2.35. The van der Waals surface area contributed by atoms with Crippen molar-refractivity contribution in [2.75, 3.05) is 14.2 Å². The molecule has 0 radical (unpaired) electrons. The molecule has 0 bridgehead atoms. The summed E-state index contributed by atoms with van der Waals surface area (Å²) in [4.78, 5) is 29.5. The van der Waals surface area contributed by atoms with E-state index < -0.39 is 6.04 Å². The van der Waals surface area contributed by atoms with Crippen LogP contribution in [0.4, 0.5) is 0 Å². The number of aromatic nitrogens is 3. The predicted molar refractivity (Wildman–Crippen MR) is 139 cm³/mol. The highest BCUT2D eigenvalue weighted by molar-refractivity contribution is 5.89. The van der Waals surface area contributed by atoms with Gasteiger partial charge in [-0.25, -0.2) is 4.68 Å². The molecular formula is C28H31N5O5. The van der Waals surface area contributed by atoms with Crippen molar-refractivity contribution in [2.24, 2.45) is 0 Å². The third kappa shape index (κ3) is 5.49. The van der Waals surface area contributed by atoms with E-state index in [9.17, 15) is 9.59 Å². The van der Waals surface area contributed by atoms with Gasteiger partial charge in [0, 0.05) is 12.1 Å². The van der Waals surface area contributed by atoms with Gasteiger partial charge in [0.2, 0.25) is 11.8 Å². The number of hydrogen-bond acceptors (Lipinski definition) is 7. The largest absolute Gasteiger partial charge is 0.497 e. The van der Waals surface area contributed by atoms with Gasteiger partial charge in [-0.1, -0.05) is 30.2 Å². The number of hydrogen-bond donors (Lipinski definition) is 1. The molecule has 1 aliphatic rings. The Morgan fingerprint density at radius 1 is 1.08 bits per heavy atom. The van der Waals surface area contributed by atoms with Crippen LogP contribution in [0.15, 0.2) is 65.3 Å². The minimum Gasteiger partial charge on any atom is -0.497 e. The van der Waals surface area contributed by atoms with Crippen LogP contribution in [0.5, 0.6) is 11.5 Å². The van der Waals surface area contributed by atoms with Gasteiger partial charge in [0.1, 0.15) is 35.4 Å². The Morgan fingerprint density at radius 3 is 2.50 bits per heavy atom. The molecule has 10 nitrogen and oxygen atoms in total. The summed E-state index contributed by atoms with van der Waals surface area (Å²) in [7, 11) is 3.10. The van der Waals surface area contributed by atoms with Crippen LogP contribution < -0.4 is 14.8 Å². The molecule has 10 heteroatoms. The minimum atomic E-state index is -0.966. The van der Waals surface area contributed by atoms with Gasteiger partial charge in [0.05, 0.1) is 32.5 Å². The first-order chi connectivity index (χ1) is 18.6. The first-order valence-electron chi connectivity index (χ1n) is 12.7. The maximum atomic E-state index is 14.0. The normalized spacial score (nSPS) is 14.4. The lowest BCUT2D eigenvalue weighted by Gasteiger charge is -2.32. The number of carbonyl (C=O) groups excluding carboxylic acids is 2. The molecule has 0 spiro atoms. The maximum absolute atomic E-state index is 14.0. The number of nitrogens with zero attached hydrogens (tertiary/aromatic N) is 4. The Hall–Kier alpha value is -4.34. The number of amides is 2. The zero-order chi connectivity index (χ0) is 26.5. The van der Waals surface area contributed by atoms with E-state index >= 15 is 0 Å². The molecule has 1 aliphatic carbocycles. The zero-order valence-electron chi connectivity index (χ0n) is 21.5. The number of furan rings is 1. The standard InChI is InChI=1S/C28H31N5O5/c1-36-22-14-19(15-23(16-22)37-2)27(28(35)29-20-8-3-4-9-20)32(17-21-10-7-13-38-21)26(34)18-33-25-12-6-5-11-24(25)30-31-33/h5-7,10-16,20,27H,3-4,8-9,17-18H2,1-2H3,(H,29,35)/t27-/m1/s1. The quantitative estimate of drug-likeness (QED) is 0.340. The van der Waals surface area contributed by atoms with E-state index in [1.54, 1.807) is 55.5 Å². The smallest absolute Gasteiger partial charge is 0.247 e. The summed E-state index contributed by atoms with van der Waals surface area (Å²) in [5.41, 5.74) is 1.99. The predicted octanol–water partition coefficient (Wildman–Crippen LogP) is 3.87. The van der Waals surface area contributed by atoms with Crippen molar-refractivity contribution in [1.29, 1.82) is 0 Å². The Labute approximate surface area is 220 Å². The number of para-hydroxylation sites is 1. The van der Waals surface area contributed by atoms with Gasteiger partial charge < -0.3 is 24.1 Å². The number of ether oxygens (including phenoxy) is 2. The van der Waals surface area contributed by atoms with Crippen LogP contribution in [0, 0.1) is 0 Å². The van der Waals surface area contributed by atoms with Crippen molar-refractivity contribution >= 4 is 22.8 Å². The number of carbonyl (C=O) groups is 2. The molecule has 0 unspecified atom stereocenters. The van der Waals surface area contributed by atoms with Gasteiger partial charge in [-0.15, -0.1) is 5.10 Å². The topological polar surface area (TPSA) is 112 Å². The molecular weight excluding hydrogens is 486 g/mol. The van der Waals surface area contributed by atoms with Crippen molar-refractivity contribution in [1.82, 2.24) is 25.2 Å². The minimum absolute atomic E-state index is 0.0670. The fourth-order valence-corrected chi connectivity index (χ4v) is 4.96. The Kier molecular flexibility index (Phi) is 7.57. The highest BCUT2D eigenvalue weighted by Crippen LogP contribution is 2.32. The maximum Gasteiger partial charge on any atom is 0.247 e. The summed E-state index contributed by atoms with van der Waals surface area (Å²) in [6.07, 6.45) is 5.51. The van der Waals surface area contributed by atoms with Crippen molar-refractivity contribution < 1.29 is 23.5 Å². The molecule has 4 aromatic rings. The Morgan fingerprint density at radius 2 is 1.82 bits per heavy atom. The molecule has 2 amide bonds. The monoisotopic (exact) mass is 517 g/mol. The molecule has 1 atom stereocenters. The molecule has 198 valence electrons. The molecule has 0 saturated heterocycles. The number of nitrogens with one attached hydrogen (secondary N) is 1. The second-order valence-corrected chi connectivity index (χ2v) is 9.38. The summed E-state index contributed by atoms with van der Waals surface area (Å²) in [5.74, 6) is 1.01. The molecule has 1 fully saturated rings. The molecule has 0 aliphatic heterocycles. The molecule has 38 heavy (non-hydrogen) atoms. The van der Waals surface area contributed by atoms with Crippen LogP contribution in [0.2, 0.25) is 0 Å². The van der Waals surface area contributed by atoms with Crippen LogP contribution in [0.25, 0.3) is 11.0 Å². The first kappa shape index (κ1) is 25.3. The van der Waals surface area contributed by atoms with Crippen molar-refractivity contribution in [2.45, 2.75) is 50.9 Å². The summed E-state index contributed by atoms with van der Waals surface area (Å²) in [6, 6.07) is 15.3. The average Bonchev–Trinajstić information content (AvgIpc) is 3.71. The summed E-state index contributed by atoms with van der Waals surface area (Å²) >= 11 is 0. The van der Waals surface area contributed by atoms with E-state index in [0.717, 1.165) is 31.2 Å². The van der Waals surface area contributed by atoms with E-state index in [1.807, 2.05) is 24.3 Å². The van der Waals surface area contributed by atoms with E-state index in [2.05, 4.69) is 15.6 Å². The van der Waals surface area contributed by atoms with Crippen LogP contribution in [-0.2, 0) is 22.7 Å². The van der Waals surface area contributed by atoms with Crippen LogP contribution in [-0.4, -0.2) is 52.0 Å². The lowest BCUT2D eigenvalue weighted by Crippen LogP contribution is -2.46. The van der Waals surface area contributed by atoms with Gasteiger partial charge in [-0.3, -0.25) is 9.59 Å². The van der Waals surface area contributed by atoms with E-state index in [1.165, 1.54) is 4.90 Å². The van der Waals surface area contributed by atoms with Gasteiger partial charge in [-0.2, -0.15) is 0 Å². The van der Waals surface area contributed by atoms with Gasteiger partial charge >= 0.3 is 0 Å². The van der Waals surface area contributed by atoms with Crippen molar-refractivity contribution in [3.05, 3.63) is 72.2 Å². The van der Waals surface area contributed by atoms with Crippen LogP contribution in [0.3, 0.4) is 0 Å². The van der Waals surface area contributed by atoms with Crippen molar-refractivity contribution in [3.8, 4) is 11.5 Å². The number of methoxy groups -OCH3 is 2. The molecule has 1 N–H and O–H groups in total. The third-order valence-electron chi connectivity index (χ3n) is 6.88. The lowest BCUT2D eigenvalue weighted by atomic mass is 10.0. The van der Waals surface area contributed by atoms with Gasteiger partial charge in [-0.05, 0) is 54.8 Å². The SMILES string of the molecule is COc1cc(OC)cc([C@H](C(=O)NC2CCCC2)N(Cc2ccco2)C(=O)Cn2nnc3ccccc32)c1. The second kappa shape index (κ2) is 11.4. The first-order valence-corrected chi connectivity index (χ1v) is 12.7. The number of rotatable bonds is 10. The third-order valence-corrected chi connectivity index (χ3v) is 6.88.